The SMILES string of the molecule is CN(C)C(=O)c1ccc(C(N)=O)c(O)c1. The zero-order valence-corrected chi connectivity index (χ0v) is 8.52. The van der Waals surface area contributed by atoms with Gasteiger partial charge in [-0.1, -0.05) is 0 Å². The van der Waals surface area contributed by atoms with Crippen LogP contribution in [-0.2, 0) is 0 Å². The van der Waals surface area contributed by atoms with Crippen LogP contribution in [0.15, 0.2) is 18.2 Å². The van der Waals surface area contributed by atoms with Gasteiger partial charge in [0.1, 0.15) is 5.75 Å². The first kappa shape index (κ1) is 11.0. The molecule has 0 atom stereocenters. The number of nitrogens with two attached hydrogens (primary N) is 1. The summed E-state index contributed by atoms with van der Waals surface area (Å²) >= 11 is 0. The zero-order valence-electron chi connectivity index (χ0n) is 8.52. The van der Waals surface area contributed by atoms with Crippen molar-refractivity contribution in [1.29, 1.82) is 0 Å². The fourth-order valence-corrected chi connectivity index (χ4v) is 1.13. The van der Waals surface area contributed by atoms with Crippen LogP contribution in [0, 0.1) is 0 Å². The van der Waals surface area contributed by atoms with Gasteiger partial charge in [-0.05, 0) is 18.2 Å². The first-order valence-corrected chi connectivity index (χ1v) is 4.28. The van der Waals surface area contributed by atoms with Crippen LogP contribution < -0.4 is 5.73 Å². The third-order valence-electron chi connectivity index (χ3n) is 1.92. The summed E-state index contributed by atoms with van der Waals surface area (Å²) in [6.07, 6.45) is 0. The van der Waals surface area contributed by atoms with Gasteiger partial charge < -0.3 is 15.7 Å². The minimum absolute atomic E-state index is 0.00491. The first-order chi connectivity index (χ1) is 6.93. The highest BCUT2D eigenvalue weighted by atomic mass is 16.3. The zero-order chi connectivity index (χ0) is 11.6. The number of nitrogens with zero attached hydrogens (tertiary/aromatic N) is 1. The van der Waals surface area contributed by atoms with Gasteiger partial charge in [0.25, 0.3) is 11.8 Å². The lowest BCUT2D eigenvalue weighted by molar-refractivity contribution is 0.0826. The van der Waals surface area contributed by atoms with Crippen molar-refractivity contribution in [3.63, 3.8) is 0 Å². The summed E-state index contributed by atoms with van der Waals surface area (Å²) in [6, 6.07) is 4.00. The molecule has 0 bridgehead atoms. The molecule has 0 saturated heterocycles. The van der Waals surface area contributed by atoms with E-state index < -0.39 is 5.91 Å². The van der Waals surface area contributed by atoms with Crippen molar-refractivity contribution in [3.8, 4) is 5.75 Å². The van der Waals surface area contributed by atoms with Gasteiger partial charge in [-0.3, -0.25) is 9.59 Å². The third kappa shape index (κ3) is 2.25. The molecular formula is C10H12N2O3. The molecule has 80 valence electrons. The highest BCUT2D eigenvalue weighted by molar-refractivity contribution is 5.99. The standard InChI is InChI=1S/C10H12N2O3/c1-12(2)10(15)6-3-4-7(9(11)14)8(13)5-6/h3-5,13H,1-2H3,(H2,11,14). The van der Waals surface area contributed by atoms with E-state index in [1.54, 1.807) is 14.1 Å². The number of phenols is 1. The molecule has 0 aliphatic carbocycles. The summed E-state index contributed by atoms with van der Waals surface area (Å²) < 4.78 is 0. The predicted octanol–water partition coefficient (Wildman–Crippen LogP) is 0.193. The van der Waals surface area contributed by atoms with Crippen LogP contribution in [0.4, 0.5) is 0 Å². The van der Waals surface area contributed by atoms with Gasteiger partial charge in [0, 0.05) is 19.7 Å². The van der Waals surface area contributed by atoms with E-state index >= 15 is 0 Å². The van der Waals surface area contributed by atoms with Crippen molar-refractivity contribution in [2.45, 2.75) is 0 Å². The molecule has 0 saturated carbocycles. The van der Waals surface area contributed by atoms with Crippen molar-refractivity contribution in [3.05, 3.63) is 29.3 Å². The minimum atomic E-state index is -0.726. The van der Waals surface area contributed by atoms with E-state index in [4.69, 9.17) is 5.73 Å². The molecule has 1 rings (SSSR count). The Hall–Kier alpha value is -2.04. The average molecular weight is 208 g/mol. The lowest BCUT2D eigenvalue weighted by Gasteiger charge is -2.10. The maximum atomic E-state index is 11.5. The van der Waals surface area contributed by atoms with E-state index in [-0.39, 0.29) is 17.2 Å². The number of carbonyl (C=O) groups is 2. The second-order valence-electron chi connectivity index (χ2n) is 3.30. The van der Waals surface area contributed by atoms with Gasteiger partial charge in [-0.15, -0.1) is 0 Å². The molecule has 0 unspecified atom stereocenters. The van der Waals surface area contributed by atoms with Crippen molar-refractivity contribution < 1.29 is 14.7 Å². The highest BCUT2D eigenvalue weighted by Crippen LogP contribution is 2.18. The van der Waals surface area contributed by atoms with Crippen molar-refractivity contribution >= 4 is 11.8 Å². The second kappa shape index (κ2) is 4.00. The lowest BCUT2D eigenvalue weighted by Crippen LogP contribution is -2.21. The molecule has 5 nitrogen and oxygen atoms in total. The fourth-order valence-electron chi connectivity index (χ4n) is 1.13. The number of amides is 2. The maximum absolute atomic E-state index is 11.5. The molecule has 0 aromatic heterocycles. The van der Waals surface area contributed by atoms with Crippen LogP contribution in [0.5, 0.6) is 5.75 Å². The van der Waals surface area contributed by atoms with E-state index in [0.29, 0.717) is 5.56 Å². The van der Waals surface area contributed by atoms with Crippen molar-refractivity contribution in [2.75, 3.05) is 14.1 Å². The molecule has 1 aromatic rings. The van der Waals surface area contributed by atoms with Crippen LogP contribution >= 0.6 is 0 Å². The summed E-state index contributed by atoms with van der Waals surface area (Å²) in [5.74, 6) is -1.26. The summed E-state index contributed by atoms with van der Waals surface area (Å²) in [7, 11) is 3.20. The number of aromatic hydroxyl groups is 1. The number of rotatable bonds is 2. The average Bonchev–Trinajstić information content (AvgIpc) is 2.15. The quantitative estimate of drug-likeness (QED) is 0.727. The Bertz CT molecular complexity index is 413. The highest BCUT2D eigenvalue weighted by Gasteiger charge is 2.12. The first-order valence-electron chi connectivity index (χ1n) is 4.28. The molecule has 0 aliphatic rings. The smallest absolute Gasteiger partial charge is 0.253 e. The second-order valence-corrected chi connectivity index (χ2v) is 3.30. The molecule has 0 heterocycles. The van der Waals surface area contributed by atoms with Crippen molar-refractivity contribution in [1.82, 2.24) is 4.90 Å². The number of hydrogen-bond donors (Lipinski definition) is 2. The largest absolute Gasteiger partial charge is 0.507 e. The van der Waals surface area contributed by atoms with E-state index in [1.165, 1.54) is 23.1 Å². The molecule has 0 fully saturated rings. The Kier molecular flexibility index (Phi) is 2.94. The van der Waals surface area contributed by atoms with Crippen LogP contribution in [0.3, 0.4) is 0 Å². The predicted molar refractivity (Wildman–Crippen MR) is 54.6 cm³/mol. The Morgan fingerprint density at radius 3 is 2.33 bits per heavy atom. The van der Waals surface area contributed by atoms with E-state index in [0.717, 1.165) is 0 Å². The summed E-state index contributed by atoms with van der Waals surface area (Å²) in [5, 5.41) is 9.42. The van der Waals surface area contributed by atoms with Gasteiger partial charge >= 0.3 is 0 Å². The van der Waals surface area contributed by atoms with Gasteiger partial charge in [-0.25, -0.2) is 0 Å². The van der Waals surface area contributed by atoms with Gasteiger partial charge in [0.15, 0.2) is 0 Å². The van der Waals surface area contributed by atoms with Gasteiger partial charge in [-0.2, -0.15) is 0 Å². The molecule has 0 radical (unpaired) electrons. The monoisotopic (exact) mass is 208 g/mol. The van der Waals surface area contributed by atoms with Crippen molar-refractivity contribution in [2.24, 2.45) is 5.73 Å². The molecule has 3 N–H and O–H groups in total. The topological polar surface area (TPSA) is 83.6 Å². The number of primary amides is 1. The Morgan fingerprint density at radius 1 is 1.33 bits per heavy atom. The fraction of sp³-hybridized carbons (Fsp3) is 0.200. The van der Waals surface area contributed by atoms with Gasteiger partial charge in [0.2, 0.25) is 0 Å². The normalized spacial score (nSPS) is 9.73. The summed E-state index contributed by atoms with van der Waals surface area (Å²) in [4.78, 5) is 23.7. The Morgan fingerprint density at radius 2 is 1.93 bits per heavy atom. The number of benzene rings is 1. The Labute approximate surface area is 87.1 Å². The maximum Gasteiger partial charge on any atom is 0.253 e. The molecular weight excluding hydrogens is 196 g/mol. The van der Waals surface area contributed by atoms with Gasteiger partial charge in [0.05, 0.1) is 5.56 Å². The van der Waals surface area contributed by atoms with Crippen LogP contribution in [-0.4, -0.2) is 35.9 Å². The third-order valence-corrected chi connectivity index (χ3v) is 1.92. The molecule has 5 heteroatoms. The molecule has 1 aromatic carbocycles. The molecule has 0 aliphatic heterocycles. The van der Waals surface area contributed by atoms with E-state index in [2.05, 4.69) is 0 Å². The number of hydrogen-bond acceptors (Lipinski definition) is 3. The molecule has 15 heavy (non-hydrogen) atoms. The summed E-state index contributed by atoms with van der Waals surface area (Å²) in [5.41, 5.74) is 5.32. The minimum Gasteiger partial charge on any atom is -0.507 e. The number of carbonyl (C=O) groups excluding carboxylic acids is 2. The van der Waals surface area contributed by atoms with Crippen LogP contribution in [0.2, 0.25) is 0 Å². The molecule has 0 spiro atoms. The Balaban J connectivity index is 3.12. The van der Waals surface area contributed by atoms with E-state index in [9.17, 15) is 14.7 Å². The van der Waals surface area contributed by atoms with Crippen LogP contribution in [0.1, 0.15) is 20.7 Å². The van der Waals surface area contributed by atoms with Crippen LogP contribution in [0.25, 0.3) is 0 Å². The summed E-state index contributed by atoms with van der Waals surface area (Å²) in [6.45, 7) is 0. The lowest BCUT2D eigenvalue weighted by atomic mass is 10.1. The molecule has 2 amide bonds. The van der Waals surface area contributed by atoms with E-state index in [1.807, 2.05) is 0 Å².